The maximum atomic E-state index is 14.5. The molecule has 0 fully saturated rings. The fourth-order valence-corrected chi connectivity index (χ4v) is 5.34. The molecule has 2 aromatic carbocycles. The van der Waals surface area contributed by atoms with Crippen molar-refractivity contribution >= 4 is 35.0 Å². The molecule has 0 saturated heterocycles. The van der Waals surface area contributed by atoms with Crippen LogP contribution in [0.5, 0.6) is 0 Å². The van der Waals surface area contributed by atoms with Gasteiger partial charge in [-0.15, -0.1) is 0 Å². The number of alkyl halides is 7. The minimum atomic E-state index is -6.21. The van der Waals surface area contributed by atoms with Crippen LogP contribution >= 0.6 is 23.4 Å². The number of rotatable bonds is 6. The van der Waals surface area contributed by atoms with E-state index in [1.54, 1.807) is 18.2 Å². The molecular formula is C23H22ClF7N2OS. The van der Waals surface area contributed by atoms with Gasteiger partial charge in [-0.3, -0.25) is 4.79 Å². The van der Waals surface area contributed by atoms with E-state index in [0.717, 1.165) is 6.07 Å². The lowest BCUT2D eigenvalue weighted by Crippen LogP contribution is -2.50. The number of benzene rings is 2. The summed E-state index contributed by atoms with van der Waals surface area (Å²) in [7, 11) is 0. The van der Waals surface area contributed by atoms with Gasteiger partial charge in [-0.05, 0) is 44.7 Å². The van der Waals surface area contributed by atoms with E-state index in [1.165, 1.54) is 23.6 Å². The van der Waals surface area contributed by atoms with Crippen LogP contribution in [-0.4, -0.2) is 40.7 Å². The third-order valence-corrected chi connectivity index (χ3v) is 7.19. The van der Waals surface area contributed by atoms with Crippen LogP contribution in [0, 0.1) is 6.92 Å². The van der Waals surface area contributed by atoms with Gasteiger partial charge in [0.05, 0.1) is 10.6 Å². The molecule has 35 heavy (non-hydrogen) atoms. The molecule has 192 valence electrons. The van der Waals surface area contributed by atoms with Gasteiger partial charge >= 0.3 is 18.0 Å². The Bertz CT molecular complexity index is 1120. The van der Waals surface area contributed by atoms with Crippen molar-refractivity contribution in [1.29, 1.82) is 0 Å². The average Bonchev–Trinajstić information content (AvgIpc) is 3.00. The van der Waals surface area contributed by atoms with Crippen molar-refractivity contribution in [2.75, 3.05) is 17.3 Å². The first-order valence-corrected chi connectivity index (χ1v) is 12.1. The number of aryl methyl sites for hydroxylation is 1. The molecule has 0 aromatic heterocycles. The molecule has 0 radical (unpaired) electrons. The lowest BCUT2D eigenvalue weighted by Gasteiger charge is -2.40. The van der Waals surface area contributed by atoms with Crippen LogP contribution in [-0.2, 0) is 5.67 Å². The van der Waals surface area contributed by atoms with E-state index in [2.05, 4.69) is 5.32 Å². The van der Waals surface area contributed by atoms with Crippen molar-refractivity contribution < 1.29 is 35.5 Å². The molecule has 1 unspecified atom stereocenters. The second-order valence-electron chi connectivity index (χ2n) is 8.86. The van der Waals surface area contributed by atoms with Crippen LogP contribution in [0.3, 0.4) is 0 Å². The largest absolute Gasteiger partial charge is 0.435 e. The lowest BCUT2D eigenvalue weighted by molar-refractivity contribution is -0.348. The number of fused-ring (bicyclic) bond motifs is 1. The molecular weight excluding hydrogens is 521 g/mol. The van der Waals surface area contributed by atoms with E-state index in [4.69, 9.17) is 11.6 Å². The Hall–Kier alpha value is -2.14. The van der Waals surface area contributed by atoms with Crippen LogP contribution in [0.25, 0.3) is 0 Å². The van der Waals surface area contributed by atoms with Crippen LogP contribution in [0.15, 0.2) is 36.4 Å². The van der Waals surface area contributed by atoms with Gasteiger partial charge in [0.1, 0.15) is 6.17 Å². The smallest absolute Gasteiger partial charge is 0.361 e. The molecule has 3 rings (SSSR count). The molecule has 12 heteroatoms. The summed E-state index contributed by atoms with van der Waals surface area (Å²) in [6.45, 7) is 4.91. The van der Waals surface area contributed by atoms with Crippen LogP contribution in [0.4, 0.5) is 36.4 Å². The predicted molar refractivity (Wildman–Crippen MR) is 123 cm³/mol. The number of nitrogens with zero attached hydrogens (tertiary/aromatic N) is 1. The third-order valence-electron chi connectivity index (χ3n) is 5.88. The van der Waals surface area contributed by atoms with Crippen LogP contribution in [0.1, 0.15) is 47.1 Å². The quantitative estimate of drug-likeness (QED) is 0.381. The SMILES string of the molecule is CSCC(C)(C)N1C(=O)c2c(Cl)cccc2C1Nc1ccc(C(F)(C(F)(F)F)C(F)(F)F)cc1C. The molecule has 1 amide bonds. The third kappa shape index (κ3) is 4.57. The molecule has 0 aliphatic carbocycles. The predicted octanol–water partition coefficient (Wildman–Crippen LogP) is 7.65. The highest BCUT2D eigenvalue weighted by Gasteiger charge is 2.73. The Labute approximate surface area is 207 Å². The standard InChI is InChI=1S/C23H22ClF7N2OS/c1-12-10-13(21(25,22(26,27)28)23(29,30)31)8-9-16(12)32-18-14-6-5-7-15(24)17(14)19(34)33(18)20(2,3)11-35-4/h5-10,18,32H,11H2,1-4H3. The van der Waals surface area contributed by atoms with Crippen LogP contribution < -0.4 is 5.32 Å². The van der Waals surface area contributed by atoms with E-state index in [0.29, 0.717) is 23.4 Å². The Morgan fingerprint density at radius 1 is 1.03 bits per heavy atom. The highest BCUT2D eigenvalue weighted by atomic mass is 35.5. The minimum Gasteiger partial charge on any atom is -0.361 e. The van der Waals surface area contributed by atoms with Crippen molar-refractivity contribution in [3.63, 3.8) is 0 Å². The molecule has 0 spiro atoms. The number of nitrogens with one attached hydrogen (secondary N) is 1. The summed E-state index contributed by atoms with van der Waals surface area (Å²) < 4.78 is 93.6. The fourth-order valence-electron chi connectivity index (χ4n) is 4.24. The van der Waals surface area contributed by atoms with Gasteiger partial charge in [0.15, 0.2) is 0 Å². The van der Waals surface area contributed by atoms with Gasteiger partial charge in [0, 0.05) is 28.1 Å². The second kappa shape index (κ2) is 9.06. The maximum Gasteiger partial charge on any atom is 0.435 e. The minimum absolute atomic E-state index is 0.0661. The number of anilines is 1. The van der Waals surface area contributed by atoms with Crippen molar-refractivity contribution in [2.45, 2.75) is 50.5 Å². The summed E-state index contributed by atoms with van der Waals surface area (Å²) in [6.07, 6.45) is -11.4. The monoisotopic (exact) mass is 542 g/mol. The molecule has 1 heterocycles. The number of halogens is 8. The van der Waals surface area contributed by atoms with Crippen molar-refractivity contribution in [1.82, 2.24) is 4.90 Å². The summed E-state index contributed by atoms with van der Waals surface area (Å²) in [5.41, 5.74) is -6.98. The van der Waals surface area contributed by atoms with E-state index in [9.17, 15) is 35.5 Å². The molecule has 1 aliphatic heterocycles. The number of hydrogen-bond acceptors (Lipinski definition) is 3. The van der Waals surface area contributed by atoms with Gasteiger partial charge in [0.2, 0.25) is 0 Å². The summed E-state index contributed by atoms with van der Waals surface area (Å²) in [6, 6.07) is 6.75. The van der Waals surface area contributed by atoms with Gasteiger partial charge in [-0.1, -0.05) is 35.9 Å². The van der Waals surface area contributed by atoms with E-state index in [1.807, 2.05) is 20.1 Å². The molecule has 3 nitrogen and oxygen atoms in total. The second-order valence-corrected chi connectivity index (χ2v) is 10.1. The first kappa shape index (κ1) is 27.4. The van der Waals surface area contributed by atoms with Crippen molar-refractivity contribution in [3.8, 4) is 0 Å². The van der Waals surface area contributed by atoms with Gasteiger partial charge in [-0.2, -0.15) is 38.1 Å². The number of carbonyl (C=O) groups is 1. The maximum absolute atomic E-state index is 14.5. The number of amides is 1. The zero-order valence-electron chi connectivity index (χ0n) is 19.0. The van der Waals surface area contributed by atoms with Gasteiger partial charge in [-0.25, -0.2) is 4.39 Å². The molecule has 2 aromatic rings. The Kier molecular flexibility index (Phi) is 7.11. The Balaban J connectivity index is 2.09. The zero-order valence-corrected chi connectivity index (χ0v) is 20.6. The first-order chi connectivity index (χ1) is 16.0. The molecule has 1 N–H and O–H groups in total. The van der Waals surface area contributed by atoms with Gasteiger partial charge < -0.3 is 10.2 Å². The fraction of sp³-hybridized carbons (Fsp3) is 0.435. The molecule has 1 atom stereocenters. The van der Waals surface area contributed by atoms with Crippen LogP contribution in [0.2, 0.25) is 5.02 Å². The normalized spacial score (nSPS) is 17.1. The summed E-state index contributed by atoms with van der Waals surface area (Å²) in [5, 5.41) is 3.26. The highest BCUT2D eigenvalue weighted by Crippen LogP contribution is 2.53. The van der Waals surface area contributed by atoms with E-state index < -0.39 is 35.3 Å². The molecule has 1 aliphatic rings. The lowest BCUT2D eigenvalue weighted by atomic mass is 9.92. The van der Waals surface area contributed by atoms with Crippen molar-refractivity contribution in [3.05, 3.63) is 63.7 Å². The summed E-state index contributed by atoms with van der Waals surface area (Å²) in [4.78, 5) is 14.9. The number of thioether (sulfide) groups is 1. The van der Waals surface area contributed by atoms with E-state index >= 15 is 0 Å². The Morgan fingerprint density at radius 3 is 2.14 bits per heavy atom. The summed E-state index contributed by atoms with van der Waals surface area (Å²) in [5.74, 6) is 0.162. The zero-order chi connectivity index (χ0) is 26.6. The van der Waals surface area contributed by atoms with Gasteiger partial charge in [0.25, 0.3) is 5.91 Å². The highest BCUT2D eigenvalue weighted by molar-refractivity contribution is 7.98. The van der Waals surface area contributed by atoms with E-state index in [-0.39, 0.29) is 27.7 Å². The molecule has 0 saturated carbocycles. The topological polar surface area (TPSA) is 32.3 Å². The number of hydrogen-bond donors (Lipinski definition) is 1. The summed E-state index contributed by atoms with van der Waals surface area (Å²) >= 11 is 7.77. The van der Waals surface area contributed by atoms with Crippen molar-refractivity contribution in [2.24, 2.45) is 0 Å². The number of carbonyl (C=O) groups excluding carboxylic acids is 1. The Morgan fingerprint density at radius 2 is 1.63 bits per heavy atom. The molecule has 0 bridgehead atoms. The average molecular weight is 543 g/mol. The first-order valence-electron chi connectivity index (χ1n) is 10.3.